The number of primary amides is 1. The van der Waals surface area contributed by atoms with Crippen molar-refractivity contribution in [2.75, 3.05) is 10.6 Å². The Morgan fingerprint density at radius 3 is 2.41 bits per heavy atom. The van der Waals surface area contributed by atoms with Gasteiger partial charge in [-0.3, -0.25) is 4.79 Å². The molecule has 5 N–H and O–H groups in total. The van der Waals surface area contributed by atoms with Gasteiger partial charge in [0.25, 0.3) is 0 Å². The fraction of sp³-hybridized carbons (Fsp3) is 0.0455. The normalized spacial score (nSPS) is 11.3. The molecule has 0 radical (unpaired) electrons. The van der Waals surface area contributed by atoms with Gasteiger partial charge < -0.3 is 21.4 Å². The third-order valence-electron chi connectivity index (χ3n) is 4.73. The molecule has 10 heteroatoms. The summed E-state index contributed by atoms with van der Waals surface area (Å²) in [5, 5.41) is 5.74. The number of carbonyl (C=O) groups excluding carboxylic acids is 2. The van der Waals surface area contributed by atoms with Crippen molar-refractivity contribution in [1.29, 1.82) is 0 Å². The number of aromatic nitrogens is 2. The molecule has 0 atom stereocenters. The molecule has 0 spiro atoms. The molecule has 0 aliphatic rings. The first kappa shape index (κ1) is 20.9. The van der Waals surface area contributed by atoms with E-state index in [0.29, 0.717) is 27.8 Å². The number of halogens is 3. The number of fused-ring (bicyclic) bond motifs is 1. The Kier molecular flexibility index (Phi) is 5.27. The number of nitrogens with zero attached hydrogens (tertiary/aromatic N) is 1. The van der Waals surface area contributed by atoms with E-state index in [-0.39, 0.29) is 5.69 Å². The van der Waals surface area contributed by atoms with Crippen LogP contribution in [0.2, 0.25) is 0 Å². The third kappa shape index (κ3) is 4.38. The minimum atomic E-state index is -4.45. The summed E-state index contributed by atoms with van der Waals surface area (Å²) < 4.78 is 38.0. The highest BCUT2D eigenvalue weighted by Gasteiger charge is 2.30. The summed E-state index contributed by atoms with van der Waals surface area (Å²) in [6.07, 6.45) is -1.29. The molecule has 2 aromatic heterocycles. The Morgan fingerprint density at radius 1 is 0.969 bits per heavy atom. The van der Waals surface area contributed by atoms with Crippen molar-refractivity contribution < 1.29 is 22.8 Å². The van der Waals surface area contributed by atoms with Gasteiger partial charge in [0.1, 0.15) is 5.65 Å². The molecule has 0 fully saturated rings. The second-order valence-corrected chi connectivity index (χ2v) is 6.92. The van der Waals surface area contributed by atoms with Crippen LogP contribution >= 0.6 is 0 Å². The maximum absolute atomic E-state index is 12.7. The molecule has 2 heterocycles. The Labute approximate surface area is 179 Å². The number of aromatic amines is 1. The summed E-state index contributed by atoms with van der Waals surface area (Å²) >= 11 is 0. The zero-order valence-electron chi connectivity index (χ0n) is 16.3. The van der Waals surface area contributed by atoms with Crippen molar-refractivity contribution in [2.45, 2.75) is 6.18 Å². The molecule has 0 bridgehead atoms. The predicted molar refractivity (Wildman–Crippen MR) is 114 cm³/mol. The Morgan fingerprint density at radius 2 is 1.72 bits per heavy atom. The lowest BCUT2D eigenvalue weighted by Crippen LogP contribution is -2.19. The van der Waals surface area contributed by atoms with E-state index in [2.05, 4.69) is 20.6 Å². The van der Waals surface area contributed by atoms with Gasteiger partial charge >= 0.3 is 12.2 Å². The van der Waals surface area contributed by atoms with E-state index in [0.717, 1.165) is 17.7 Å². The van der Waals surface area contributed by atoms with Crippen LogP contribution < -0.4 is 16.4 Å². The number of rotatable bonds is 4. The highest BCUT2D eigenvalue weighted by molar-refractivity contribution is 6.06. The van der Waals surface area contributed by atoms with Crippen molar-refractivity contribution in [2.24, 2.45) is 5.73 Å². The van der Waals surface area contributed by atoms with Gasteiger partial charge in [-0.25, -0.2) is 9.78 Å². The van der Waals surface area contributed by atoms with Crippen LogP contribution in [0.25, 0.3) is 22.2 Å². The lowest BCUT2D eigenvalue weighted by molar-refractivity contribution is -0.137. The molecule has 7 nitrogen and oxygen atoms in total. The second kappa shape index (κ2) is 8.06. The summed E-state index contributed by atoms with van der Waals surface area (Å²) in [6, 6.07) is 12.0. The minimum Gasteiger partial charge on any atom is -0.366 e. The summed E-state index contributed by atoms with van der Waals surface area (Å²) in [5.74, 6) is -0.551. The number of carbonyl (C=O) groups is 2. The number of hydrogen-bond acceptors (Lipinski definition) is 3. The number of benzene rings is 2. The number of hydrogen-bond donors (Lipinski definition) is 4. The van der Waals surface area contributed by atoms with Crippen molar-refractivity contribution in [3.8, 4) is 11.1 Å². The van der Waals surface area contributed by atoms with Crippen LogP contribution in [0.5, 0.6) is 0 Å². The second-order valence-electron chi connectivity index (χ2n) is 6.92. The fourth-order valence-corrected chi connectivity index (χ4v) is 3.14. The molecule has 162 valence electrons. The summed E-state index contributed by atoms with van der Waals surface area (Å²) in [6.45, 7) is 0. The molecular weight excluding hydrogens is 423 g/mol. The largest absolute Gasteiger partial charge is 0.416 e. The molecule has 4 rings (SSSR count). The van der Waals surface area contributed by atoms with Crippen LogP contribution in [0, 0.1) is 0 Å². The van der Waals surface area contributed by atoms with Crippen molar-refractivity contribution in [3.05, 3.63) is 78.1 Å². The molecule has 0 aliphatic carbocycles. The van der Waals surface area contributed by atoms with Crippen LogP contribution in [0.1, 0.15) is 15.9 Å². The van der Waals surface area contributed by atoms with Gasteiger partial charge in [0.05, 0.1) is 11.3 Å². The van der Waals surface area contributed by atoms with Gasteiger partial charge in [-0.05, 0) is 48.0 Å². The van der Waals surface area contributed by atoms with Gasteiger partial charge in [0, 0.05) is 34.6 Å². The maximum atomic E-state index is 12.7. The average molecular weight is 439 g/mol. The Hall–Kier alpha value is -4.34. The van der Waals surface area contributed by atoms with Gasteiger partial charge in [-0.1, -0.05) is 12.1 Å². The molecule has 0 saturated carbocycles. The standard InChI is InChI=1S/C22H16F3N5O2/c23-22(24,25)15-4-6-16(7-5-15)29-21(32)30-18-11-28-20-17(18)9-14(10-27-20)12-2-1-3-13(8-12)19(26)31/h1-11H,(H2,26,31)(H,27,28)(H2,29,30,32). The van der Waals surface area contributed by atoms with Crippen LogP contribution in [-0.4, -0.2) is 21.9 Å². The van der Waals surface area contributed by atoms with Gasteiger partial charge in [-0.2, -0.15) is 13.2 Å². The zero-order chi connectivity index (χ0) is 22.9. The maximum Gasteiger partial charge on any atom is 0.416 e. The first-order chi connectivity index (χ1) is 15.2. The monoisotopic (exact) mass is 439 g/mol. The number of nitrogens with two attached hydrogens (primary N) is 1. The lowest BCUT2D eigenvalue weighted by Gasteiger charge is -2.10. The van der Waals surface area contributed by atoms with Crippen LogP contribution in [0.3, 0.4) is 0 Å². The number of nitrogens with one attached hydrogen (secondary N) is 3. The molecule has 32 heavy (non-hydrogen) atoms. The van der Waals surface area contributed by atoms with E-state index in [1.54, 1.807) is 42.7 Å². The average Bonchev–Trinajstić information content (AvgIpc) is 3.15. The van der Waals surface area contributed by atoms with E-state index in [4.69, 9.17) is 5.73 Å². The molecular formula is C22H16F3N5O2. The van der Waals surface area contributed by atoms with E-state index < -0.39 is 23.7 Å². The van der Waals surface area contributed by atoms with Gasteiger partial charge in [0.2, 0.25) is 5.91 Å². The van der Waals surface area contributed by atoms with Gasteiger partial charge in [-0.15, -0.1) is 0 Å². The highest BCUT2D eigenvalue weighted by atomic mass is 19.4. The van der Waals surface area contributed by atoms with E-state index in [1.165, 1.54) is 12.1 Å². The number of H-pyrrole nitrogens is 1. The quantitative estimate of drug-likeness (QED) is 0.359. The fourth-order valence-electron chi connectivity index (χ4n) is 3.14. The van der Waals surface area contributed by atoms with E-state index in [1.807, 2.05) is 0 Å². The first-order valence-corrected chi connectivity index (χ1v) is 9.33. The Balaban J connectivity index is 1.54. The number of amides is 3. The number of anilines is 2. The molecule has 0 unspecified atom stereocenters. The third-order valence-corrected chi connectivity index (χ3v) is 4.73. The molecule has 0 saturated heterocycles. The summed E-state index contributed by atoms with van der Waals surface area (Å²) in [4.78, 5) is 31.1. The predicted octanol–water partition coefficient (Wildman–Crippen LogP) is 4.99. The summed E-state index contributed by atoms with van der Waals surface area (Å²) in [5.41, 5.74) is 7.45. The number of alkyl halides is 3. The molecule has 4 aromatic rings. The molecule has 2 aromatic carbocycles. The van der Waals surface area contributed by atoms with Gasteiger partial charge in [0.15, 0.2) is 0 Å². The zero-order valence-corrected chi connectivity index (χ0v) is 16.3. The summed E-state index contributed by atoms with van der Waals surface area (Å²) in [7, 11) is 0. The van der Waals surface area contributed by atoms with E-state index >= 15 is 0 Å². The smallest absolute Gasteiger partial charge is 0.366 e. The van der Waals surface area contributed by atoms with Crippen LogP contribution in [0.15, 0.2) is 67.0 Å². The Bertz CT molecular complexity index is 1310. The highest BCUT2D eigenvalue weighted by Crippen LogP contribution is 2.30. The van der Waals surface area contributed by atoms with Crippen molar-refractivity contribution >= 4 is 34.3 Å². The first-order valence-electron chi connectivity index (χ1n) is 9.33. The minimum absolute atomic E-state index is 0.206. The van der Waals surface area contributed by atoms with Crippen molar-refractivity contribution in [1.82, 2.24) is 9.97 Å². The number of urea groups is 1. The van der Waals surface area contributed by atoms with Crippen molar-refractivity contribution in [3.63, 3.8) is 0 Å². The molecule has 0 aliphatic heterocycles. The SMILES string of the molecule is NC(=O)c1cccc(-c2cnc3[nH]cc(NC(=O)Nc4ccc(C(F)(F)F)cc4)c3c2)c1. The number of pyridine rings is 1. The molecule has 3 amide bonds. The van der Waals surface area contributed by atoms with Crippen LogP contribution in [0.4, 0.5) is 29.3 Å². The lowest BCUT2D eigenvalue weighted by atomic mass is 10.0. The topological polar surface area (TPSA) is 113 Å². The van der Waals surface area contributed by atoms with Crippen LogP contribution in [-0.2, 0) is 6.18 Å². The van der Waals surface area contributed by atoms with E-state index in [9.17, 15) is 22.8 Å².